The van der Waals surface area contributed by atoms with E-state index in [9.17, 15) is 13.2 Å². The Hall–Kier alpha value is -2.85. The Kier molecular flexibility index (Phi) is 4.98. The molecular weight excluding hydrogens is 316 g/mol. The third-order valence-electron chi connectivity index (χ3n) is 2.92. The second-order valence-corrected chi connectivity index (χ2v) is 6.23. The number of anilines is 1. The zero-order valence-electron chi connectivity index (χ0n) is 12.3. The van der Waals surface area contributed by atoms with Gasteiger partial charge in [-0.15, -0.1) is 0 Å². The number of hydrogen-bond donors (Lipinski definition) is 1. The monoisotopic (exact) mass is 330 g/mol. The maximum atomic E-state index is 12.3. The Labute approximate surface area is 134 Å². The molecule has 0 aliphatic heterocycles. The number of ether oxygens (including phenoxy) is 1. The van der Waals surface area contributed by atoms with Crippen molar-refractivity contribution in [2.24, 2.45) is 0 Å². The van der Waals surface area contributed by atoms with Crippen molar-refractivity contribution in [3.05, 3.63) is 59.7 Å². The number of nitrogens with zero attached hydrogens (tertiary/aromatic N) is 1. The van der Waals surface area contributed by atoms with E-state index in [1.807, 2.05) is 6.07 Å². The number of sulfonamides is 1. The molecule has 6 nitrogen and oxygen atoms in total. The van der Waals surface area contributed by atoms with Crippen molar-refractivity contribution in [1.29, 1.82) is 5.26 Å². The highest BCUT2D eigenvalue weighted by Crippen LogP contribution is 2.18. The summed E-state index contributed by atoms with van der Waals surface area (Å²) in [6.07, 6.45) is 0. The first-order chi connectivity index (χ1) is 11.0. The van der Waals surface area contributed by atoms with Gasteiger partial charge < -0.3 is 4.74 Å². The number of rotatable bonds is 5. The van der Waals surface area contributed by atoms with Gasteiger partial charge in [-0.25, -0.2) is 13.2 Å². The molecule has 23 heavy (non-hydrogen) atoms. The highest BCUT2D eigenvalue weighted by molar-refractivity contribution is 7.92. The van der Waals surface area contributed by atoms with Gasteiger partial charge in [0.25, 0.3) is 10.0 Å². The quantitative estimate of drug-likeness (QED) is 0.850. The highest BCUT2D eigenvalue weighted by Gasteiger charge is 2.15. The van der Waals surface area contributed by atoms with Crippen LogP contribution in [0, 0.1) is 11.3 Å². The maximum absolute atomic E-state index is 12.3. The fourth-order valence-corrected chi connectivity index (χ4v) is 2.90. The third kappa shape index (κ3) is 4.08. The van der Waals surface area contributed by atoms with Crippen LogP contribution in [0.5, 0.6) is 0 Å². The first-order valence-corrected chi connectivity index (χ1v) is 8.25. The molecule has 2 rings (SSSR count). The summed E-state index contributed by atoms with van der Waals surface area (Å²) >= 11 is 0. The van der Waals surface area contributed by atoms with Crippen LogP contribution in [0.2, 0.25) is 0 Å². The number of benzene rings is 2. The van der Waals surface area contributed by atoms with Crippen LogP contribution in [0.25, 0.3) is 0 Å². The number of nitrogens with one attached hydrogen (secondary N) is 1. The number of esters is 1. The molecular formula is C16H14N2O4S. The van der Waals surface area contributed by atoms with Crippen molar-refractivity contribution in [3.8, 4) is 6.07 Å². The molecule has 0 bridgehead atoms. The van der Waals surface area contributed by atoms with Gasteiger partial charge in [-0.1, -0.05) is 6.07 Å². The fraction of sp³-hybridized carbons (Fsp3) is 0.125. The Morgan fingerprint density at radius 3 is 2.52 bits per heavy atom. The molecule has 1 N–H and O–H groups in total. The first-order valence-electron chi connectivity index (χ1n) is 6.76. The summed E-state index contributed by atoms with van der Waals surface area (Å²) in [6, 6.07) is 13.5. The van der Waals surface area contributed by atoms with E-state index >= 15 is 0 Å². The predicted octanol–water partition coefficient (Wildman–Crippen LogP) is 2.54. The molecule has 0 radical (unpaired) electrons. The van der Waals surface area contributed by atoms with Gasteiger partial charge >= 0.3 is 5.97 Å². The topological polar surface area (TPSA) is 96.3 Å². The average Bonchev–Trinajstić information content (AvgIpc) is 2.55. The molecule has 0 fully saturated rings. The lowest BCUT2D eigenvalue weighted by molar-refractivity contribution is 0.0526. The lowest BCUT2D eigenvalue weighted by atomic mass is 10.2. The van der Waals surface area contributed by atoms with Crippen molar-refractivity contribution in [2.45, 2.75) is 11.8 Å². The van der Waals surface area contributed by atoms with Crippen molar-refractivity contribution in [3.63, 3.8) is 0 Å². The van der Waals surface area contributed by atoms with Gasteiger partial charge in [-0.2, -0.15) is 5.26 Å². The lowest BCUT2D eigenvalue weighted by Gasteiger charge is -2.09. The zero-order valence-corrected chi connectivity index (χ0v) is 13.1. The molecule has 0 saturated heterocycles. The van der Waals surface area contributed by atoms with Crippen LogP contribution < -0.4 is 4.72 Å². The van der Waals surface area contributed by atoms with E-state index in [2.05, 4.69) is 4.72 Å². The number of hydrogen-bond acceptors (Lipinski definition) is 5. The second kappa shape index (κ2) is 6.94. The lowest BCUT2D eigenvalue weighted by Crippen LogP contribution is -2.13. The van der Waals surface area contributed by atoms with Crippen LogP contribution in [0.15, 0.2) is 53.4 Å². The summed E-state index contributed by atoms with van der Waals surface area (Å²) in [6.45, 7) is 1.93. The van der Waals surface area contributed by atoms with Gasteiger partial charge in [0.05, 0.1) is 28.7 Å². The van der Waals surface area contributed by atoms with Crippen LogP contribution in [-0.4, -0.2) is 21.0 Å². The van der Waals surface area contributed by atoms with Gasteiger partial charge in [0, 0.05) is 5.69 Å². The Bertz CT molecular complexity index is 852. The van der Waals surface area contributed by atoms with Crippen molar-refractivity contribution in [2.75, 3.05) is 11.3 Å². The summed E-state index contributed by atoms with van der Waals surface area (Å²) in [5.41, 5.74) is 0.875. The van der Waals surface area contributed by atoms with Crippen LogP contribution in [0.1, 0.15) is 22.8 Å². The SMILES string of the molecule is CCOC(=O)c1cccc(NS(=O)(=O)c2ccc(C#N)cc2)c1. The fourth-order valence-electron chi connectivity index (χ4n) is 1.85. The summed E-state index contributed by atoms with van der Waals surface area (Å²) in [4.78, 5) is 11.7. The molecule has 0 amide bonds. The molecule has 2 aromatic rings. The maximum Gasteiger partial charge on any atom is 0.338 e. The summed E-state index contributed by atoms with van der Waals surface area (Å²) in [5.74, 6) is -0.521. The summed E-state index contributed by atoms with van der Waals surface area (Å²) in [5, 5.41) is 8.73. The van der Waals surface area contributed by atoms with Crippen LogP contribution in [0.4, 0.5) is 5.69 Å². The van der Waals surface area contributed by atoms with Crippen molar-refractivity contribution >= 4 is 21.7 Å². The smallest absolute Gasteiger partial charge is 0.338 e. The summed E-state index contributed by atoms with van der Waals surface area (Å²) < 4.78 is 31.9. The van der Waals surface area contributed by atoms with Gasteiger partial charge in [0.2, 0.25) is 0 Å². The Morgan fingerprint density at radius 2 is 1.91 bits per heavy atom. The third-order valence-corrected chi connectivity index (χ3v) is 4.32. The van der Waals surface area contributed by atoms with Gasteiger partial charge in [-0.3, -0.25) is 4.72 Å². The van der Waals surface area contributed by atoms with Crippen LogP contribution >= 0.6 is 0 Å². The molecule has 0 atom stereocenters. The van der Waals surface area contributed by atoms with E-state index in [1.165, 1.54) is 42.5 Å². The van der Waals surface area contributed by atoms with E-state index in [1.54, 1.807) is 13.0 Å². The van der Waals surface area contributed by atoms with Gasteiger partial charge in [-0.05, 0) is 49.4 Å². The van der Waals surface area contributed by atoms with E-state index in [-0.39, 0.29) is 22.8 Å². The van der Waals surface area contributed by atoms with Crippen molar-refractivity contribution < 1.29 is 17.9 Å². The number of carbonyl (C=O) groups is 1. The zero-order chi connectivity index (χ0) is 16.9. The molecule has 2 aromatic carbocycles. The Morgan fingerprint density at radius 1 is 1.22 bits per heavy atom. The summed E-state index contributed by atoms with van der Waals surface area (Å²) in [7, 11) is -3.80. The number of nitriles is 1. The van der Waals surface area contributed by atoms with Crippen LogP contribution in [-0.2, 0) is 14.8 Å². The minimum absolute atomic E-state index is 0.0260. The van der Waals surface area contributed by atoms with Crippen molar-refractivity contribution in [1.82, 2.24) is 0 Å². The average molecular weight is 330 g/mol. The van der Waals surface area contributed by atoms with Crippen LogP contribution in [0.3, 0.4) is 0 Å². The predicted molar refractivity (Wildman–Crippen MR) is 84.4 cm³/mol. The van der Waals surface area contributed by atoms with E-state index < -0.39 is 16.0 Å². The molecule has 0 aliphatic carbocycles. The minimum atomic E-state index is -3.80. The number of carbonyl (C=O) groups excluding carboxylic acids is 1. The van der Waals surface area contributed by atoms with E-state index in [0.29, 0.717) is 5.56 Å². The van der Waals surface area contributed by atoms with E-state index in [4.69, 9.17) is 10.00 Å². The molecule has 0 spiro atoms. The second-order valence-electron chi connectivity index (χ2n) is 4.54. The largest absolute Gasteiger partial charge is 0.462 e. The normalized spacial score (nSPS) is 10.6. The standard InChI is InChI=1S/C16H14N2O4S/c1-2-22-16(19)13-4-3-5-14(10-13)18-23(20,21)15-8-6-12(11-17)7-9-15/h3-10,18H,2H2,1H3. The molecule has 0 aliphatic rings. The van der Waals surface area contributed by atoms with Gasteiger partial charge in [0.1, 0.15) is 0 Å². The van der Waals surface area contributed by atoms with E-state index in [0.717, 1.165) is 0 Å². The molecule has 118 valence electrons. The molecule has 0 aromatic heterocycles. The molecule has 0 saturated carbocycles. The highest BCUT2D eigenvalue weighted by atomic mass is 32.2. The molecule has 7 heteroatoms. The first kappa shape index (κ1) is 16.5. The molecule has 0 unspecified atom stereocenters. The Balaban J connectivity index is 2.25. The minimum Gasteiger partial charge on any atom is -0.462 e. The molecule has 0 heterocycles. The van der Waals surface area contributed by atoms with Gasteiger partial charge in [0.15, 0.2) is 0 Å².